The highest BCUT2D eigenvalue weighted by atomic mass is 16.6. The quantitative estimate of drug-likeness (QED) is 0.737. The fourth-order valence-corrected chi connectivity index (χ4v) is 1.84. The monoisotopic (exact) mass is 254 g/mol. The van der Waals surface area contributed by atoms with E-state index in [9.17, 15) is 9.59 Å². The third kappa shape index (κ3) is 5.21. The zero-order valence-electron chi connectivity index (χ0n) is 11.4. The van der Waals surface area contributed by atoms with Gasteiger partial charge in [0.05, 0.1) is 12.1 Å². The summed E-state index contributed by atoms with van der Waals surface area (Å²) >= 11 is 0. The van der Waals surface area contributed by atoms with Crippen molar-refractivity contribution in [2.75, 3.05) is 0 Å². The van der Waals surface area contributed by atoms with Crippen molar-refractivity contribution >= 4 is 12.0 Å². The van der Waals surface area contributed by atoms with E-state index in [1.165, 1.54) is 6.92 Å². The van der Waals surface area contributed by atoms with E-state index in [0.717, 1.165) is 12.8 Å². The highest BCUT2D eigenvalue weighted by Crippen LogP contribution is 2.13. The van der Waals surface area contributed by atoms with Gasteiger partial charge in [-0.25, -0.2) is 4.79 Å². The van der Waals surface area contributed by atoms with Gasteiger partial charge in [0.15, 0.2) is 0 Å². The number of carbonyl (C=O) groups excluding carboxylic acids is 2. The number of nitrogens with one attached hydrogen (secondary N) is 2. The van der Waals surface area contributed by atoms with E-state index in [0.29, 0.717) is 0 Å². The van der Waals surface area contributed by atoms with Crippen LogP contribution in [0.3, 0.4) is 0 Å². The van der Waals surface area contributed by atoms with Gasteiger partial charge >= 0.3 is 6.09 Å². The molecule has 0 aromatic rings. The fourth-order valence-electron chi connectivity index (χ4n) is 1.84. The summed E-state index contributed by atoms with van der Waals surface area (Å²) in [6, 6.07) is -0.280. The summed E-state index contributed by atoms with van der Waals surface area (Å²) in [6.45, 7) is 6.92. The molecule has 5 heteroatoms. The smallest absolute Gasteiger partial charge is 0.407 e. The van der Waals surface area contributed by atoms with Crippen molar-refractivity contribution in [3.8, 4) is 0 Å². The maximum Gasteiger partial charge on any atom is 0.407 e. The standard InChI is InChI=1S/C13H22N2O3/c1-9(16)14-10-7-5-6-8-11(10)15-12(17)18-13(2,3)4/h5,7,10-11H,6,8H2,1-4H3,(H,14,16)(H,15,17)/t10-,11+/m1/s1. The third-order valence-electron chi connectivity index (χ3n) is 2.49. The van der Waals surface area contributed by atoms with Crippen molar-refractivity contribution in [1.82, 2.24) is 10.6 Å². The first-order valence-corrected chi connectivity index (χ1v) is 6.21. The largest absolute Gasteiger partial charge is 0.444 e. The normalized spacial score (nSPS) is 23.3. The first kappa shape index (κ1) is 14.5. The Bertz CT molecular complexity index is 345. The second-order valence-corrected chi connectivity index (χ2v) is 5.48. The number of carbonyl (C=O) groups is 2. The van der Waals surface area contributed by atoms with Crippen LogP contribution in [-0.4, -0.2) is 29.7 Å². The van der Waals surface area contributed by atoms with Crippen LogP contribution in [-0.2, 0) is 9.53 Å². The molecular weight excluding hydrogens is 232 g/mol. The lowest BCUT2D eigenvalue weighted by Crippen LogP contribution is -2.52. The number of alkyl carbamates (subject to hydrolysis) is 1. The molecule has 0 radical (unpaired) electrons. The molecule has 0 aromatic heterocycles. The molecule has 2 atom stereocenters. The minimum absolute atomic E-state index is 0.109. The van der Waals surface area contributed by atoms with Crippen molar-refractivity contribution in [1.29, 1.82) is 0 Å². The zero-order chi connectivity index (χ0) is 13.8. The Balaban J connectivity index is 2.55. The Morgan fingerprint density at radius 3 is 2.50 bits per heavy atom. The molecule has 0 aliphatic heterocycles. The van der Waals surface area contributed by atoms with Crippen LogP contribution in [0.5, 0.6) is 0 Å². The SMILES string of the molecule is CC(=O)N[C@@H]1C=CCC[C@@H]1NC(=O)OC(C)(C)C. The topological polar surface area (TPSA) is 67.4 Å². The molecule has 1 rings (SSSR count). The highest BCUT2D eigenvalue weighted by molar-refractivity contribution is 5.74. The zero-order valence-corrected chi connectivity index (χ0v) is 11.4. The summed E-state index contributed by atoms with van der Waals surface area (Å²) in [5.74, 6) is -0.109. The number of allylic oxidation sites excluding steroid dienone is 1. The Morgan fingerprint density at radius 1 is 1.28 bits per heavy atom. The molecule has 0 saturated carbocycles. The maximum absolute atomic E-state index is 11.7. The van der Waals surface area contributed by atoms with Gasteiger partial charge in [-0.3, -0.25) is 4.79 Å². The Labute approximate surface area is 108 Å². The molecule has 1 aliphatic carbocycles. The highest BCUT2D eigenvalue weighted by Gasteiger charge is 2.26. The van der Waals surface area contributed by atoms with E-state index >= 15 is 0 Å². The van der Waals surface area contributed by atoms with E-state index < -0.39 is 11.7 Å². The molecule has 5 nitrogen and oxygen atoms in total. The van der Waals surface area contributed by atoms with Crippen LogP contribution in [0.15, 0.2) is 12.2 Å². The average molecular weight is 254 g/mol. The molecule has 1 aliphatic rings. The van der Waals surface area contributed by atoms with Gasteiger partial charge in [0.1, 0.15) is 5.60 Å². The molecule has 0 saturated heterocycles. The van der Waals surface area contributed by atoms with Crippen molar-refractivity contribution in [2.24, 2.45) is 0 Å². The maximum atomic E-state index is 11.7. The van der Waals surface area contributed by atoms with Crippen LogP contribution in [0, 0.1) is 0 Å². The lowest BCUT2D eigenvalue weighted by Gasteiger charge is -2.30. The molecule has 0 fully saturated rings. The van der Waals surface area contributed by atoms with Gasteiger partial charge < -0.3 is 15.4 Å². The summed E-state index contributed by atoms with van der Waals surface area (Å²) in [5.41, 5.74) is -0.516. The van der Waals surface area contributed by atoms with Crippen LogP contribution in [0.2, 0.25) is 0 Å². The van der Waals surface area contributed by atoms with E-state index in [4.69, 9.17) is 4.74 Å². The number of rotatable bonds is 2. The molecule has 102 valence electrons. The molecule has 18 heavy (non-hydrogen) atoms. The van der Waals surface area contributed by atoms with Gasteiger partial charge in [-0.15, -0.1) is 0 Å². The lowest BCUT2D eigenvalue weighted by molar-refractivity contribution is -0.119. The third-order valence-corrected chi connectivity index (χ3v) is 2.49. The summed E-state index contributed by atoms with van der Waals surface area (Å²) in [6.07, 6.45) is 5.15. The lowest BCUT2D eigenvalue weighted by atomic mass is 9.97. The molecular formula is C13H22N2O3. The van der Waals surface area contributed by atoms with E-state index in [1.54, 1.807) is 0 Å². The molecule has 0 spiro atoms. The van der Waals surface area contributed by atoms with Crippen LogP contribution in [0.4, 0.5) is 4.79 Å². The van der Waals surface area contributed by atoms with E-state index in [1.807, 2.05) is 32.9 Å². The second kappa shape index (κ2) is 5.89. The molecule has 0 bridgehead atoms. The number of hydrogen-bond donors (Lipinski definition) is 2. The van der Waals surface area contributed by atoms with Crippen LogP contribution in [0.25, 0.3) is 0 Å². The van der Waals surface area contributed by atoms with Gasteiger partial charge in [-0.2, -0.15) is 0 Å². The van der Waals surface area contributed by atoms with Crippen LogP contribution >= 0.6 is 0 Å². The van der Waals surface area contributed by atoms with Gasteiger partial charge in [0, 0.05) is 6.92 Å². The van der Waals surface area contributed by atoms with Crippen molar-refractivity contribution < 1.29 is 14.3 Å². The predicted molar refractivity (Wildman–Crippen MR) is 69.1 cm³/mol. The minimum atomic E-state index is -0.516. The van der Waals surface area contributed by atoms with Gasteiger partial charge in [0.25, 0.3) is 0 Å². The average Bonchev–Trinajstić information content (AvgIpc) is 2.17. The van der Waals surface area contributed by atoms with E-state index in [-0.39, 0.29) is 18.0 Å². The number of ether oxygens (including phenoxy) is 1. The van der Waals surface area contributed by atoms with Crippen molar-refractivity contribution in [2.45, 2.75) is 58.2 Å². The fraction of sp³-hybridized carbons (Fsp3) is 0.692. The first-order valence-electron chi connectivity index (χ1n) is 6.21. The van der Waals surface area contributed by atoms with Gasteiger partial charge in [-0.1, -0.05) is 12.2 Å². The Hall–Kier alpha value is -1.52. The molecule has 2 amide bonds. The number of hydrogen-bond acceptors (Lipinski definition) is 3. The summed E-state index contributed by atoms with van der Waals surface area (Å²) < 4.78 is 5.21. The molecule has 0 unspecified atom stereocenters. The number of amides is 2. The first-order chi connectivity index (χ1) is 8.28. The van der Waals surface area contributed by atoms with Gasteiger partial charge in [0.2, 0.25) is 5.91 Å². The molecule has 0 aromatic carbocycles. The predicted octanol–water partition coefficient (Wildman–Crippen LogP) is 1.73. The second-order valence-electron chi connectivity index (χ2n) is 5.48. The van der Waals surface area contributed by atoms with Crippen molar-refractivity contribution in [3.63, 3.8) is 0 Å². The van der Waals surface area contributed by atoms with E-state index in [2.05, 4.69) is 10.6 Å². The summed E-state index contributed by atoms with van der Waals surface area (Å²) in [5, 5.41) is 5.61. The summed E-state index contributed by atoms with van der Waals surface area (Å²) in [7, 11) is 0. The minimum Gasteiger partial charge on any atom is -0.444 e. The Morgan fingerprint density at radius 2 is 1.94 bits per heavy atom. The Kier molecular flexibility index (Phi) is 4.76. The summed E-state index contributed by atoms with van der Waals surface area (Å²) in [4.78, 5) is 22.8. The van der Waals surface area contributed by atoms with Crippen LogP contribution < -0.4 is 10.6 Å². The van der Waals surface area contributed by atoms with Crippen LogP contribution in [0.1, 0.15) is 40.5 Å². The molecule has 2 N–H and O–H groups in total. The van der Waals surface area contributed by atoms with Crippen molar-refractivity contribution in [3.05, 3.63) is 12.2 Å². The van der Waals surface area contributed by atoms with Gasteiger partial charge in [-0.05, 0) is 33.6 Å². The molecule has 0 heterocycles.